The van der Waals surface area contributed by atoms with E-state index in [9.17, 15) is 9.59 Å². The second-order valence-electron chi connectivity index (χ2n) is 2.90. The molecule has 0 saturated heterocycles. The van der Waals surface area contributed by atoms with Gasteiger partial charge < -0.3 is 0 Å². The Morgan fingerprint density at radius 2 is 1.62 bits per heavy atom. The zero-order valence-corrected chi connectivity index (χ0v) is 9.84. The molecular formula is C9H3Cl3N2O2. The van der Waals surface area contributed by atoms with Gasteiger partial charge in [-0.3, -0.25) is 9.59 Å². The summed E-state index contributed by atoms with van der Waals surface area (Å²) in [5, 5.41) is 0.0351. The summed E-state index contributed by atoms with van der Waals surface area (Å²) in [7, 11) is 0. The molecule has 0 fully saturated rings. The van der Waals surface area contributed by atoms with Crippen molar-refractivity contribution in [3.63, 3.8) is 0 Å². The third-order valence-electron chi connectivity index (χ3n) is 1.94. The Hall–Kier alpha value is -1.10. The van der Waals surface area contributed by atoms with Gasteiger partial charge in [-0.25, -0.2) is 9.88 Å². The van der Waals surface area contributed by atoms with Crippen LogP contribution in [0.15, 0.2) is 18.3 Å². The topological polar surface area (TPSA) is 50.3 Å². The minimum absolute atomic E-state index is 0.0198. The van der Waals surface area contributed by atoms with Gasteiger partial charge in [0, 0.05) is 18.3 Å². The number of carbonyl (C=O) groups is 2. The molecular weight excluding hydrogens is 274 g/mol. The van der Waals surface area contributed by atoms with Crippen molar-refractivity contribution in [2.45, 2.75) is 0 Å². The zero-order valence-electron chi connectivity index (χ0n) is 7.58. The van der Waals surface area contributed by atoms with Crippen molar-refractivity contribution in [2.24, 2.45) is 0 Å². The number of carbonyl (C=O) groups excluding carboxylic acids is 2. The van der Waals surface area contributed by atoms with E-state index in [1.54, 1.807) is 0 Å². The van der Waals surface area contributed by atoms with Crippen LogP contribution in [0.4, 0.5) is 5.69 Å². The normalized spacial score (nSPS) is 15.1. The molecule has 1 aromatic heterocycles. The average molecular weight is 277 g/mol. The molecule has 0 radical (unpaired) electrons. The lowest BCUT2D eigenvalue weighted by Gasteiger charge is -2.16. The number of anilines is 1. The fourth-order valence-corrected chi connectivity index (χ4v) is 1.91. The van der Waals surface area contributed by atoms with Crippen molar-refractivity contribution >= 4 is 52.3 Å². The first-order valence-electron chi connectivity index (χ1n) is 4.08. The van der Waals surface area contributed by atoms with Gasteiger partial charge in [-0.1, -0.05) is 34.8 Å². The summed E-state index contributed by atoms with van der Waals surface area (Å²) in [4.78, 5) is 27.4. The largest absolute Gasteiger partial charge is 0.269 e. The van der Waals surface area contributed by atoms with Crippen molar-refractivity contribution in [3.8, 4) is 0 Å². The van der Waals surface area contributed by atoms with E-state index in [0.29, 0.717) is 0 Å². The fraction of sp³-hybridized carbons (Fsp3) is 0. The molecule has 0 aromatic carbocycles. The molecule has 2 heterocycles. The van der Waals surface area contributed by atoms with Crippen LogP contribution in [0, 0.1) is 0 Å². The molecule has 1 aromatic rings. The van der Waals surface area contributed by atoms with Crippen molar-refractivity contribution in [3.05, 3.63) is 33.5 Å². The highest BCUT2D eigenvalue weighted by molar-refractivity contribution is 6.47. The Balaban J connectivity index is 2.61. The molecule has 0 N–H and O–H groups in total. The van der Waals surface area contributed by atoms with Crippen LogP contribution in [0.1, 0.15) is 0 Å². The average Bonchev–Trinajstić information content (AvgIpc) is 2.56. The summed E-state index contributed by atoms with van der Waals surface area (Å²) in [6.07, 6.45) is 3.48. The summed E-state index contributed by atoms with van der Waals surface area (Å²) < 4.78 is 0. The van der Waals surface area contributed by atoms with Crippen LogP contribution < -0.4 is 4.90 Å². The van der Waals surface area contributed by atoms with E-state index in [4.69, 9.17) is 34.8 Å². The predicted octanol–water partition coefficient (Wildman–Crippen LogP) is 2.47. The maximum absolute atomic E-state index is 11.4. The molecule has 0 saturated carbocycles. The molecule has 0 aliphatic carbocycles. The molecule has 2 rings (SSSR count). The summed E-state index contributed by atoms with van der Waals surface area (Å²) in [5.74, 6) is -1.04. The van der Waals surface area contributed by atoms with Crippen molar-refractivity contribution in [1.29, 1.82) is 0 Å². The molecule has 4 nitrogen and oxygen atoms in total. The van der Waals surface area contributed by atoms with Crippen LogP contribution in [0.25, 0.3) is 0 Å². The van der Waals surface area contributed by atoms with Crippen LogP contribution in [-0.2, 0) is 9.59 Å². The van der Waals surface area contributed by atoms with Gasteiger partial charge in [0.1, 0.15) is 10.2 Å². The van der Waals surface area contributed by atoms with E-state index in [0.717, 1.165) is 17.1 Å². The highest BCUT2D eigenvalue weighted by Gasteiger charge is 2.30. The quantitative estimate of drug-likeness (QED) is 0.585. The van der Waals surface area contributed by atoms with Crippen LogP contribution in [0.2, 0.25) is 15.2 Å². The number of aromatic nitrogens is 1. The summed E-state index contributed by atoms with van der Waals surface area (Å²) in [6, 6.07) is 0. The molecule has 1 aliphatic heterocycles. The van der Waals surface area contributed by atoms with Gasteiger partial charge in [0.05, 0.1) is 10.7 Å². The van der Waals surface area contributed by atoms with Crippen LogP contribution >= 0.6 is 34.8 Å². The van der Waals surface area contributed by atoms with Crippen LogP contribution in [0.3, 0.4) is 0 Å². The van der Waals surface area contributed by atoms with E-state index in [1.807, 2.05) is 0 Å². The number of amides is 2. The SMILES string of the molecule is O=C1C=CC(=O)N1c1c(Cl)cnc(Cl)c1Cl. The molecule has 7 heteroatoms. The molecule has 0 atom stereocenters. The van der Waals surface area contributed by atoms with E-state index >= 15 is 0 Å². The van der Waals surface area contributed by atoms with Gasteiger partial charge in [0.25, 0.3) is 11.8 Å². The summed E-state index contributed by atoms with van der Waals surface area (Å²) in [5.41, 5.74) is 0.0586. The Labute approximate surface area is 105 Å². The molecule has 0 bridgehead atoms. The Morgan fingerprint density at radius 3 is 2.19 bits per heavy atom. The standard InChI is InChI=1S/C9H3Cl3N2O2/c10-4-3-13-9(12)7(11)8(4)14-5(15)1-2-6(14)16/h1-3H. The minimum Gasteiger partial charge on any atom is -0.269 e. The van der Waals surface area contributed by atoms with Gasteiger partial charge in [0.2, 0.25) is 0 Å². The van der Waals surface area contributed by atoms with Gasteiger partial charge in [-0.15, -0.1) is 0 Å². The first kappa shape index (κ1) is 11.4. The Morgan fingerprint density at radius 1 is 1.06 bits per heavy atom. The van der Waals surface area contributed by atoms with Crippen molar-refractivity contribution in [2.75, 3.05) is 4.90 Å². The molecule has 0 unspecified atom stereocenters. The molecule has 16 heavy (non-hydrogen) atoms. The maximum Gasteiger partial charge on any atom is 0.258 e. The highest BCUT2D eigenvalue weighted by atomic mass is 35.5. The zero-order chi connectivity index (χ0) is 11.9. The fourth-order valence-electron chi connectivity index (χ4n) is 1.26. The third kappa shape index (κ3) is 1.69. The lowest BCUT2D eigenvalue weighted by atomic mass is 10.3. The number of rotatable bonds is 1. The molecule has 82 valence electrons. The second kappa shape index (κ2) is 4.05. The van der Waals surface area contributed by atoms with Gasteiger partial charge in [-0.2, -0.15) is 0 Å². The number of halogens is 3. The van der Waals surface area contributed by atoms with Crippen LogP contribution in [0.5, 0.6) is 0 Å². The Kier molecular flexibility index (Phi) is 2.88. The van der Waals surface area contributed by atoms with Crippen molar-refractivity contribution < 1.29 is 9.59 Å². The monoisotopic (exact) mass is 276 g/mol. The first-order valence-corrected chi connectivity index (χ1v) is 5.21. The number of pyridine rings is 1. The molecule has 1 aliphatic rings. The minimum atomic E-state index is -0.518. The lowest BCUT2D eigenvalue weighted by Crippen LogP contribution is -2.30. The van der Waals surface area contributed by atoms with E-state index in [1.165, 1.54) is 6.20 Å². The number of hydrogen-bond acceptors (Lipinski definition) is 3. The number of imide groups is 1. The number of nitrogens with zero attached hydrogens (tertiary/aromatic N) is 2. The van der Waals surface area contributed by atoms with Gasteiger partial charge in [-0.05, 0) is 0 Å². The second-order valence-corrected chi connectivity index (χ2v) is 4.05. The third-order valence-corrected chi connectivity index (χ3v) is 2.96. The summed E-state index contributed by atoms with van der Waals surface area (Å²) in [6.45, 7) is 0. The van der Waals surface area contributed by atoms with E-state index < -0.39 is 11.8 Å². The van der Waals surface area contributed by atoms with Crippen LogP contribution in [-0.4, -0.2) is 16.8 Å². The lowest BCUT2D eigenvalue weighted by molar-refractivity contribution is -0.119. The first-order chi connectivity index (χ1) is 7.52. The number of hydrogen-bond donors (Lipinski definition) is 0. The summed E-state index contributed by atoms with van der Waals surface area (Å²) >= 11 is 17.4. The van der Waals surface area contributed by atoms with E-state index in [2.05, 4.69) is 4.98 Å². The predicted molar refractivity (Wildman–Crippen MR) is 60.9 cm³/mol. The molecule has 2 amide bonds. The maximum atomic E-state index is 11.4. The molecule has 0 spiro atoms. The smallest absolute Gasteiger partial charge is 0.258 e. The van der Waals surface area contributed by atoms with Crippen molar-refractivity contribution in [1.82, 2.24) is 4.98 Å². The van der Waals surface area contributed by atoms with E-state index in [-0.39, 0.29) is 20.9 Å². The van der Waals surface area contributed by atoms with Gasteiger partial charge >= 0.3 is 0 Å². The van der Waals surface area contributed by atoms with Gasteiger partial charge in [0.15, 0.2) is 0 Å². The Bertz CT molecular complexity index is 510. The highest BCUT2D eigenvalue weighted by Crippen LogP contribution is 2.38.